The van der Waals surface area contributed by atoms with Crippen molar-refractivity contribution in [1.29, 1.82) is 0 Å². The van der Waals surface area contributed by atoms with Crippen LogP contribution >= 0.6 is 34.2 Å². The zero-order valence-electron chi connectivity index (χ0n) is 29.1. The molecule has 0 aliphatic heterocycles. The highest BCUT2D eigenvalue weighted by Gasteiger charge is 2.70. The first-order chi connectivity index (χ1) is 22.1. The number of carbonyl (C=O) groups excluding carboxylic acids is 2. The number of hydrogen-bond donors (Lipinski definition) is 0. The molecule has 7 rings (SSSR count). The molecule has 9 atom stereocenters. The van der Waals surface area contributed by atoms with Crippen LogP contribution in [0.5, 0.6) is 0 Å². The van der Waals surface area contributed by atoms with Gasteiger partial charge in [-0.05, 0) is 128 Å². The SMILES string of the molecule is CC(=O)O[C@H]1CC[C@@]2(C)C(CC[C@]3(C)C2CC[C@@H]2C4=C(C(C)C)C(=O)C[C@]4(Cc4nnc(-c5ccc(Cl)cc5)o4)CC[C@]23C)[C@]1(C)I. The van der Waals surface area contributed by atoms with Crippen LogP contribution in [0.3, 0.4) is 0 Å². The van der Waals surface area contributed by atoms with E-state index >= 15 is 0 Å². The van der Waals surface area contributed by atoms with Crippen LogP contribution in [0, 0.1) is 45.3 Å². The maximum atomic E-state index is 14.0. The first-order valence-electron chi connectivity index (χ1n) is 17.8. The van der Waals surface area contributed by atoms with Gasteiger partial charge < -0.3 is 9.15 Å². The van der Waals surface area contributed by atoms with Crippen LogP contribution in [-0.4, -0.2) is 31.5 Å². The Bertz CT molecular complexity index is 1630. The summed E-state index contributed by atoms with van der Waals surface area (Å²) in [5, 5.41) is 9.62. The molecule has 0 N–H and O–H groups in total. The van der Waals surface area contributed by atoms with Crippen LogP contribution in [0.25, 0.3) is 11.5 Å². The molecule has 4 fully saturated rings. The molecule has 2 aromatic rings. The van der Waals surface area contributed by atoms with E-state index in [0.717, 1.165) is 49.7 Å². The van der Waals surface area contributed by atoms with Gasteiger partial charge in [-0.2, -0.15) is 0 Å². The minimum atomic E-state index is -0.266. The second-order valence-electron chi connectivity index (χ2n) is 16.9. The van der Waals surface area contributed by atoms with Crippen molar-refractivity contribution in [3.63, 3.8) is 0 Å². The number of ether oxygens (including phenoxy) is 1. The van der Waals surface area contributed by atoms with Gasteiger partial charge in [0.1, 0.15) is 6.10 Å². The van der Waals surface area contributed by atoms with Crippen LogP contribution in [0.15, 0.2) is 39.8 Å². The molecule has 2 unspecified atom stereocenters. The smallest absolute Gasteiger partial charge is 0.302 e. The summed E-state index contributed by atoms with van der Waals surface area (Å²) in [6, 6.07) is 7.49. The highest BCUT2D eigenvalue weighted by Crippen LogP contribution is 2.76. The van der Waals surface area contributed by atoms with Gasteiger partial charge in [0.2, 0.25) is 11.8 Å². The second-order valence-corrected chi connectivity index (χ2v) is 19.7. The number of esters is 1. The number of carbonyl (C=O) groups is 2. The van der Waals surface area contributed by atoms with Gasteiger partial charge in [0.05, 0.1) is 3.42 Å². The van der Waals surface area contributed by atoms with E-state index in [1.54, 1.807) is 6.92 Å². The van der Waals surface area contributed by atoms with Crippen molar-refractivity contribution >= 4 is 45.9 Å². The molecule has 4 saturated carbocycles. The number of allylic oxidation sites excluding steroid dienone is 2. The van der Waals surface area contributed by atoms with Gasteiger partial charge in [-0.25, -0.2) is 0 Å². The lowest BCUT2D eigenvalue weighted by atomic mass is 9.34. The van der Waals surface area contributed by atoms with Crippen LogP contribution in [0.4, 0.5) is 0 Å². The first-order valence-corrected chi connectivity index (χ1v) is 19.2. The fourth-order valence-corrected chi connectivity index (χ4v) is 13.8. The van der Waals surface area contributed by atoms with Crippen molar-refractivity contribution in [1.82, 2.24) is 10.2 Å². The number of alkyl halides is 1. The van der Waals surface area contributed by atoms with Crippen molar-refractivity contribution in [2.75, 3.05) is 0 Å². The van der Waals surface area contributed by atoms with E-state index in [-0.39, 0.29) is 43.1 Å². The number of rotatable bonds is 5. The fourth-order valence-electron chi connectivity index (χ4n) is 12.2. The summed E-state index contributed by atoms with van der Waals surface area (Å²) < 4.78 is 12.2. The summed E-state index contributed by atoms with van der Waals surface area (Å²) in [4.78, 5) is 26.1. The molecule has 0 bridgehead atoms. The Balaban J connectivity index is 1.24. The van der Waals surface area contributed by atoms with Crippen molar-refractivity contribution in [2.24, 2.45) is 45.3 Å². The quantitative estimate of drug-likeness (QED) is 0.171. The number of aromatic nitrogens is 2. The molecule has 5 aliphatic carbocycles. The van der Waals surface area contributed by atoms with Crippen LogP contribution in [-0.2, 0) is 20.7 Å². The van der Waals surface area contributed by atoms with Gasteiger partial charge in [0, 0.05) is 35.8 Å². The third-order valence-electron chi connectivity index (χ3n) is 14.5. The topological polar surface area (TPSA) is 82.3 Å². The summed E-state index contributed by atoms with van der Waals surface area (Å²) in [7, 11) is 0. The van der Waals surface area contributed by atoms with Crippen LogP contribution < -0.4 is 0 Å². The monoisotopic (exact) mass is 772 g/mol. The van der Waals surface area contributed by atoms with E-state index in [2.05, 4.69) is 74.3 Å². The van der Waals surface area contributed by atoms with Gasteiger partial charge in [-0.3, -0.25) is 9.59 Å². The zero-order valence-corrected chi connectivity index (χ0v) is 32.0. The van der Waals surface area contributed by atoms with Crippen molar-refractivity contribution in [3.8, 4) is 11.5 Å². The van der Waals surface area contributed by atoms with Gasteiger partial charge in [-0.15, -0.1) is 10.2 Å². The van der Waals surface area contributed by atoms with Crippen LogP contribution in [0.2, 0.25) is 5.02 Å². The summed E-state index contributed by atoms with van der Waals surface area (Å²) >= 11 is 8.76. The minimum Gasteiger partial charge on any atom is -0.461 e. The molecule has 6 nitrogen and oxygen atoms in total. The fraction of sp³-hybridized carbons (Fsp3) is 0.692. The number of Topliss-reactive ketones (excluding diaryl/α,β-unsaturated/α-hetero) is 1. The molecular weight excluding hydrogens is 723 g/mol. The first kappa shape index (κ1) is 33.7. The van der Waals surface area contributed by atoms with Crippen molar-refractivity contribution in [2.45, 2.75) is 122 Å². The second kappa shape index (κ2) is 11.4. The average Bonchev–Trinajstić information content (AvgIpc) is 3.57. The molecule has 0 saturated heterocycles. The predicted octanol–water partition coefficient (Wildman–Crippen LogP) is 10.0. The molecule has 254 valence electrons. The third kappa shape index (κ3) is 4.96. The van der Waals surface area contributed by atoms with E-state index in [0.29, 0.717) is 53.2 Å². The Morgan fingerprint density at radius 1 is 0.979 bits per heavy atom. The van der Waals surface area contributed by atoms with E-state index in [9.17, 15) is 9.59 Å². The standard InChI is InChI=1S/C39H50ClIN2O4/c1-22(2)32-27(45)20-39(21-31-42-43-34(47-31)24-8-10-25(40)11-9-24)19-18-36(5)26(33(32)39)12-13-28-35(4)16-15-30(46-23(3)44)38(7,41)29(35)14-17-37(28,36)6/h8-11,22,26,28-30H,12-21H2,1-7H3/t26-,28?,29?,30+,35-,36-,37-,38+,39+/m1/s1. The maximum Gasteiger partial charge on any atom is 0.302 e. The molecule has 0 radical (unpaired) electrons. The van der Waals surface area contributed by atoms with E-state index < -0.39 is 0 Å². The minimum absolute atomic E-state index is 0.0292. The molecule has 8 heteroatoms. The predicted molar refractivity (Wildman–Crippen MR) is 192 cm³/mol. The lowest BCUT2D eigenvalue weighted by Gasteiger charge is -2.71. The largest absolute Gasteiger partial charge is 0.461 e. The Labute approximate surface area is 298 Å². The van der Waals surface area contributed by atoms with E-state index in [1.165, 1.54) is 18.4 Å². The summed E-state index contributed by atoms with van der Waals surface area (Å²) in [5.74, 6) is 2.91. The normalized spacial score (nSPS) is 41.3. The number of ketones is 1. The average molecular weight is 773 g/mol. The Morgan fingerprint density at radius 3 is 2.38 bits per heavy atom. The van der Waals surface area contributed by atoms with E-state index in [1.807, 2.05) is 24.3 Å². The molecule has 1 aromatic heterocycles. The lowest BCUT2D eigenvalue weighted by Crippen LogP contribution is -2.66. The van der Waals surface area contributed by atoms with Crippen LogP contribution in [0.1, 0.15) is 112 Å². The Kier molecular flexibility index (Phi) is 8.18. The number of fused-ring (bicyclic) bond motifs is 7. The Morgan fingerprint density at radius 2 is 1.70 bits per heavy atom. The number of benzene rings is 1. The highest BCUT2D eigenvalue weighted by atomic mass is 127. The highest BCUT2D eigenvalue weighted by molar-refractivity contribution is 14.1. The molecule has 47 heavy (non-hydrogen) atoms. The molecular formula is C39H50ClIN2O4. The summed E-state index contributed by atoms with van der Waals surface area (Å²) in [5.41, 5.74) is 3.53. The maximum absolute atomic E-state index is 14.0. The summed E-state index contributed by atoms with van der Waals surface area (Å²) in [6.45, 7) is 16.1. The van der Waals surface area contributed by atoms with Crippen molar-refractivity contribution < 1.29 is 18.7 Å². The van der Waals surface area contributed by atoms with E-state index in [4.69, 9.17) is 20.8 Å². The molecule has 1 heterocycles. The van der Waals surface area contributed by atoms with Crippen molar-refractivity contribution in [3.05, 3.63) is 46.3 Å². The van der Waals surface area contributed by atoms with Gasteiger partial charge in [-0.1, -0.05) is 74.4 Å². The third-order valence-corrected chi connectivity index (χ3v) is 16.2. The Hall–Kier alpha value is -1.74. The molecule has 5 aliphatic rings. The number of halogens is 2. The number of hydrogen-bond acceptors (Lipinski definition) is 6. The number of nitrogens with zero attached hydrogens (tertiary/aromatic N) is 2. The van der Waals surface area contributed by atoms with Gasteiger partial charge >= 0.3 is 5.97 Å². The lowest BCUT2D eigenvalue weighted by molar-refractivity contribution is -0.208. The summed E-state index contributed by atoms with van der Waals surface area (Å²) in [6.07, 6.45) is 9.85. The zero-order chi connectivity index (χ0) is 33.7. The van der Waals surface area contributed by atoms with Gasteiger partial charge in [0.25, 0.3) is 0 Å². The molecule has 0 amide bonds. The molecule has 1 aromatic carbocycles. The molecule has 0 spiro atoms. The van der Waals surface area contributed by atoms with Gasteiger partial charge in [0.15, 0.2) is 5.78 Å².